The van der Waals surface area contributed by atoms with Crippen molar-refractivity contribution < 1.29 is 18.4 Å². The average molecular weight is 398 g/mol. The second-order valence-corrected chi connectivity index (χ2v) is 7.32. The SMILES string of the molecule is C\C=C/C(/C=C/c1ccccc1NS(=O)(=O)c1ccc(OC)cc1)=C\C=N\O. The minimum absolute atomic E-state index is 0.140. The largest absolute Gasteiger partial charge is 0.497 e. The van der Waals surface area contributed by atoms with Crippen LogP contribution >= 0.6 is 0 Å². The molecular weight excluding hydrogens is 376 g/mol. The van der Waals surface area contributed by atoms with Crippen LogP contribution in [0.15, 0.2) is 88.5 Å². The van der Waals surface area contributed by atoms with E-state index in [2.05, 4.69) is 9.88 Å². The number of sulfonamides is 1. The summed E-state index contributed by atoms with van der Waals surface area (Å²) in [5, 5.41) is 11.5. The van der Waals surface area contributed by atoms with Crippen molar-refractivity contribution in [1.82, 2.24) is 0 Å². The molecule has 0 bridgehead atoms. The van der Waals surface area contributed by atoms with Crippen LogP contribution in [-0.2, 0) is 10.0 Å². The summed E-state index contributed by atoms with van der Waals surface area (Å²) in [7, 11) is -2.23. The molecule has 28 heavy (non-hydrogen) atoms. The minimum Gasteiger partial charge on any atom is -0.497 e. The Labute approximate surface area is 165 Å². The summed E-state index contributed by atoms with van der Waals surface area (Å²) < 4.78 is 33.1. The number of nitrogens with zero attached hydrogens (tertiary/aromatic N) is 1. The molecule has 0 aromatic heterocycles. The third kappa shape index (κ3) is 5.85. The highest BCUT2D eigenvalue weighted by atomic mass is 32.2. The van der Waals surface area contributed by atoms with Crippen LogP contribution in [-0.4, -0.2) is 26.9 Å². The van der Waals surface area contributed by atoms with Gasteiger partial charge in [-0.2, -0.15) is 0 Å². The van der Waals surface area contributed by atoms with Crippen LogP contribution in [0.1, 0.15) is 12.5 Å². The van der Waals surface area contributed by atoms with E-state index in [0.717, 1.165) is 5.57 Å². The van der Waals surface area contributed by atoms with Gasteiger partial charge < -0.3 is 9.94 Å². The van der Waals surface area contributed by atoms with Gasteiger partial charge in [-0.05, 0) is 54.5 Å². The molecule has 0 spiro atoms. The van der Waals surface area contributed by atoms with E-state index in [4.69, 9.17) is 9.94 Å². The standard InChI is InChI=1S/C21H22N2O4S/c1-3-6-17(15-16-22-24)9-10-18-7-4-5-8-21(18)23-28(25,26)20-13-11-19(27-2)12-14-20/h3-16,23-24H,1-2H3/b6-3-,10-9+,17-15+,22-16+. The normalized spacial score (nSPS) is 12.9. The van der Waals surface area contributed by atoms with E-state index in [1.807, 2.05) is 25.1 Å². The Kier molecular flexibility index (Phi) is 7.59. The number of hydrogen-bond donors (Lipinski definition) is 2. The molecule has 7 heteroatoms. The number of rotatable bonds is 8. The quantitative estimate of drug-likeness (QED) is 0.297. The lowest BCUT2D eigenvalue weighted by Crippen LogP contribution is -2.13. The molecule has 2 aromatic rings. The van der Waals surface area contributed by atoms with E-state index >= 15 is 0 Å². The summed E-state index contributed by atoms with van der Waals surface area (Å²) in [5.41, 5.74) is 1.93. The highest BCUT2D eigenvalue weighted by molar-refractivity contribution is 7.92. The molecule has 2 N–H and O–H groups in total. The molecule has 2 rings (SSSR count). The molecule has 2 aromatic carbocycles. The second-order valence-electron chi connectivity index (χ2n) is 5.63. The Morgan fingerprint density at radius 1 is 1.11 bits per heavy atom. The lowest BCUT2D eigenvalue weighted by atomic mass is 10.1. The molecule has 0 atom stereocenters. The maximum absolute atomic E-state index is 12.7. The van der Waals surface area contributed by atoms with Gasteiger partial charge in [0.1, 0.15) is 5.75 Å². The molecule has 0 amide bonds. The summed E-state index contributed by atoms with van der Waals surface area (Å²) in [4.78, 5) is 0.140. The van der Waals surface area contributed by atoms with Crippen LogP contribution in [0.25, 0.3) is 6.08 Å². The van der Waals surface area contributed by atoms with Gasteiger partial charge in [-0.25, -0.2) is 8.42 Å². The molecule has 0 unspecified atom stereocenters. The fourth-order valence-corrected chi connectivity index (χ4v) is 3.45. The van der Waals surface area contributed by atoms with E-state index in [1.54, 1.807) is 48.6 Å². The average Bonchev–Trinajstić information content (AvgIpc) is 2.71. The zero-order valence-corrected chi connectivity index (χ0v) is 16.4. The number of benzene rings is 2. The Morgan fingerprint density at radius 2 is 1.82 bits per heavy atom. The van der Waals surface area contributed by atoms with Crippen molar-refractivity contribution >= 4 is 28.0 Å². The summed E-state index contributed by atoms with van der Waals surface area (Å²) >= 11 is 0. The van der Waals surface area contributed by atoms with Gasteiger partial charge in [0.05, 0.1) is 23.9 Å². The summed E-state index contributed by atoms with van der Waals surface area (Å²) in [6, 6.07) is 13.2. The van der Waals surface area contributed by atoms with Crippen molar-refractivity contribution in [3.63, 3.8) is 0 Å². The van der Waals surface area contributed by atoms with Crippen molar-refractivity contribution in [2.45, 2.75) is 11.8 Å². The third-order valence-electron chi connectivity index (χ3n) is 3.72. The Morgan fingerprint density at radius 3 is 2.46 bits per heavy atom. The number of anilines is 1. The van der Waals surface area contributed by atoms with Gasteiger partial charge >= 0.3 is 0 Å². The van der Waals surface area contributed by atoms with Crippen LogP contribution in [0.5, 0.6) is 5.75 Å². The fourth-order valence-electron chi connectivity index (χ4n) is 2.36. The molecule has 0 saturated carbocycles. The van der Waals surface area contributed by atoms with Gasteiger partial charge in [0, 0.05) is 0 Å². The lowest BCUT2D eigenvalue weighted by molar-refractivity contribution is 0.322. The Bertz CT molecular complexity index is 1000. The first-order chi connectivity index (χ1) is 13.5. The van der Waals surface area contributed by atoms with Crippen LogP contribution in [0.2, 0.25) is 0 Å². The Hall–Kier alpha value is -3.32. The van der Waals surface area contributed by atoms with Crippen LogP contribution in [0.4, 0.5) is 5.69 Å². The molecule has 0 heterocycles. The topological polar surface area (TPSA) is 88.0 Å². The van der Waals surface area contributed by atoms with Crippen LogP contribution < -0.4 is 9.46 Å². The van der Waals surface area contributed by atoms with Gasteiger partial charge in [-0.1, -0.05) is 47.7 Å². The van der Waals surface area contributed by atoms with Gasteiger partial charge in [0.25, 0.3) is 10.0 Å². The zero-order chi connectivity index (χ0) is 20.4. The van der Waals surface area contributed by atoms with Crippen LogP contribution in [0.3, 0.4) is 0 Å². The molecule has 146 valence electrons. The number of methoxy groups -OCH3 is 1. The zero-order valence-electron chi connectivity index (χ0n) is 15.6. The minimum atomic E-state index is -3.75. The monoisotopic (exact) mass is 398 g/mol. The molecule has 6 nitrogen and oxygen atoms in total. The number of para-hydroxylation sites is 1. The third-order valence-corrected chi connectivity index (χ3v) is 5.10. The molecule has 0 aliphatic rings. The van der Waals surface area contributed by atoms with E-state index in [9.17, 15) is 8.42 Å². The molecule has 0 radical (unpaired) electrons. The maximum Gasteiger partial charge on any atom is 0.261 e. The second kappa shape index (κ2) is 10.1. The van der Waals surface area contributed by atoms with E-state index in [0.29, 0.717) is 17.0 Å². The van der Waals surface area contributed by atoms with E-state index in [1.165, 1.54) is 25.5 Å². The molecular formula is C21H22N2O4S. The Balaban J connectivity index is 2.31. The van der Waals surface area contributed by atoms with E-state index < -0.39 is 10.0 Å². The van der Waals surface area contributed by atoms with Crippen LogP contribution in [0, 0.1) is 0 Å². The van der Waals surface area contributed by atoms with Gasteiger partial charge in [0.2, 0.25) is 0 Å². The van der Waals surface area contributed by atoms with Gasteiger partial charge in [-0.15, -0.1) is 0 Å². The predicted molar refractivity (Wildman–Crippen MR) is 112 cm³/mol. The number of hydrogen-bond acceptors (Lipinski definition) is 5. The summed E-state index contributed by atoms with van der Waals surface area (Å²) in [6.45, 7) is 1.87. The van der Waals surface area contributed by atoms with Crippen molar-refractivity contribution in [1.29, 1.82) is 0 Å². The van der Waals surface area contributed by atoms with E-state index in [-0.39, 0.29) is 4.90 Å². The number of oxime groups is 1. The first-order valence-electron chi connectivity index (χ1n) is 8.44. The lowest BCUT2D eigenvalue weighted by Gasteiger charge is -2.11. The van der Waals surface area contributed by atoms with Crippen molar-refractivity contribution in [2.24, 2.45) is 5.16 Å². The molecule has 0 aliphatic heterocycles. The molecule has 0 saturated heterocycles. The fraction of sp³-hybridized carbons (Fsp3) is 0.0952. The summed E-state index contributed by atoms with van der Waals surface area (Å²) in [6.07, 6.45) is 10.1. The first kappa shape index (κ1) is 21.0. The smallest absolute Gasteiger partial charge is 0.261 e. The predicted octanol–water partition coefficient (Wildman–Crippen LogP) is 4.47. The molecule has 0 fully saturated rings. The van der Waals surface area contributed by atoms with Crippen molar-refractivity contribution in [2.75, 3.05) is 11.8 Å². The summed E-state index contributed by atoms with van der Waals surface area (Å²) in [5.74, 6) is 0.581. The first-order valence-corrected chi connectivity index (χ1v) is 9.93. The maximum atomic E-state index is 12.7. The number of ether oxygens (including phenoxy) is 1. The van der Waals surface area contributed by atoms with Crippen molar-refractivity contribution in [3.8, 4) is 5.75 Å². The number of allylic oxidation sites excluding steroid dienone is 5. The molecule has 0 aliphatic carbocycles. The van der Waals surface area contributed by atoms with Crippen molar-refractivity contribution in [3.05, 3.63) is 84.0 Å². The van der Waals surface area contributed by atoms with Gasteiger partial charge in [-0.3, -0.25) is 4.72 Å². The number of nitrogens with one attached hydrogen (secondary N) is 1. The highest BCUT2D eigenvalue weighted by Crippen LogP contribution is 2.23. The highest BCUT2D eigenvalue weighted by Gasteiger charge is 2.15. The van der Waals surface area contributed by atoms with Gasteiger partial charge in [0.15, 0.2) is 0 Å².